The van der Waals surface area contributed by atoms with E-state index >= 15 is 0 Å². The van der Waals surface area contributed by atoms with Crippen LogP contribution in [-0.4, -0.2) is 22.7 Å². The lowest BCUT2D eigenvalue weighted by atomic mass is 10.1. The predicted molar refractivity (Wildman–Crippen MR) is 58.0 cm³/mol. The number of carbonyl (C=O) groups is 1. The highest BCUT2D eigenvalue weighted by Gasteiger charge is 2.52. The van der Waals surface area contributed by atoms with E-state index in [-0.39, 0.29) is 23.5 Å². The van der Waals surface area contributed by atoms with E-state index in [1.807, 2.05) is 0 Å². The average Bonchev–Trinajstić information content (AvgIpc) is 2.58. The van der Waals surface area contributed by atoms with Crippen LogP contribution in [0.1, 0.15) is 13.8 Å². The topological polar surface area (TPSA) is 17.1 Å². The third kappa shape index (κ3) is 3.37. The average molecular weight is 310 g/mol. The molecule has 18 heavy (non-hydrogen) atoms. The second kappa shape index (κ2) is 4.99. The summed E-state index contributed by atoms with van der Waals surface area (Å²) in [4.78, 5) is 7.73. The minimum absolute atomic E-state index is 0.0658. The summed E-state index contributed by atoms with van der Waals surface area (Å²) in [6.07, 6.45) is -10.1. The van der Waals surface area contributed by atoms with E-state index in [9.17, 15) is 31.1 Å². The highest BCUT2D eigenvalue weighted by molar-refractivity contribution is 8.23. The van der Waals surface area contributed by atoms with Crippen LogP contribution in [-0.2, 0) is 4.79 Å². The molecule has 1 atom stereocenters. The molecule has 1 aliphatic heterocycles. The summed E-state index contributed by atoms with van der Waals surface area (Å²) in [6, 6.07) is 0. The summed E-state index contributed by atoms with van der Waals surface area (Å²) in [5, 5.41) is 0. The Labute approximate surface area is 107 Å². The number of carbonyl (C=O) groups excluding carboxylic acids is 1. The zero-order valence-corrected chi connectivity index (χ0v) is 10.8. The highest BCUT2D eigenvalue weighted by Crippen LogP contribution is 2.58. The van der Waals surface area contributed by atoms with E-state index in [2.05, 4.69) is 0 Å². The highest BCUT2D eigenvalue weighted by atomic mass is 32.2. The molecule has 1 heterocycles. The van der Waals surface area contributed by atoms with Crippen molar-refractivity contribution in [3.8, 4) is 0 Å². The summed E-state index contributed by atoms with van der Waals surface area (Å²) < 4.78 is 73.9. The van der Waals surface area contributed by atoms with E-state index in [0.717, 1.165) is 6.92 Å². The smallest absolute Gasteiger partial charge is 0.300 e. The van der Waals surface area contributed by atoms with Crippen LogP contribution in [0, 0.1) is 5.92 Å². The lowest BCUT2D eigenvalue weighted by Crippen LogP contribution is -2.17. The Balaban J connectivity index is 3.05. The molecule has 0 N–H and O–H groups in total. The molecule has 0 saturated heterocycles. The van der Waals surface area contributed by atoms with Gasteiger partial charge in [0.15, 0.2) is 0 Å². The van der Waals surface area contributed by atoms with Crippen molar-refractivity contribution < 1.29 is 31.1 Å². The largest absolute Gasteiger partial charge is 0.423 e. The van der Waals surface area contributed by atoms with Crippen molar-refractivity contribution in [2.75, 3.05) is 0 Å². The second-order valence-electron chi connectivity index (χ2n) is 3.66. The van der Waals surface area contributed by atoms with E-state index in [1.54, 1.807) is 0 Å². The molecule has 0 fully saturated rings. The number of allylic oxidation sites excluding steroid dienone is 2. The van der Waals surface area contributed by atoms with Crippen LogP contribution in [0.2, 0.25) is 0 Å². The van der Waals surface area contributed by atoms with Crippen LogP contribution < -0.4 is 0 Å². The number of hydrogen-bond acceptors (Lipinski definition) is 3. The molecule has 1 nitrogen and oxygen atoms in total. The van der Waals surface area contributed by atoms with Gasteiger partial charge in [-0.05, 0) is 6.92 Å². The molecule has 0 aliphatic carbocycles. The van der Waals surface area contributed by atoms with Crippen molar-refractivity contribution in [3.05, 3.63) is 9.81 Å². The molecule has 0 aromatic carbocycles. The Bertz CT molecular complexity index is 357. The number of alkyl halides is 6. The Morgan fingerprint density at radius 3 is 1.61 bits per heavy atom. The SMILES string of the molecule is CC(=O)C(C)C1SC(C(F)(F)F)=C(C(F)(F)F)S1. The van der Waals surface area contributed by atoms with Crippen LogP contribution >= 0.6 is 23.5 Å². The lowest BCUT2D eigenvalue weighted by molar-refractivity contribution is -0.119. The van der Waals surface area contributed by atoms with Gasteiger partial charge in [-0.2, -0.15) is 26.3 Å². The molecule has 1 aliphatic rings. The van der Waals surface area contributed by atoms with Crippen LogP contribution in [0.25, 0.3) is 0 Å². The molecule has 0 aromatic heterocycles. The third-order valence-corrected chi connectivity index (χ3v) is 5.57. The van der Waals surface area contributed by atoms with Gasteiger partial charge < -0.3 is 0 Å². The monoisotopic (exact) mass is 310 g/mol. The van der Waals surface area contributed by atoms with Crippen LogP contribution in [0.3, 0.4) is 0 Å². The van der Waals surface area contributed by atoms with Gasteiger partial charge >= 0.3 is 12.4 Å². The number of halogens is 6. The maximum atomic E-state index is 12.5. The first-order valence-electron chi connectivity index (χ1n) is 4.67. The predicted octanol–water partition coefficient (Wildman–Crippen LogP) is 4.35. The first-order valence-corrected chi connectivity index (χ1v) is 6.43. The van der Waals surface area contributed by atoms with Gasteiger partial charge in [0.05, 0.1) is 4.58 Å². The summed E-state index contributed by atoms with van der Waals surface area (Å²) >= 11 is 0.132. The van der Waals surface area contributed by atoms with E-state index in [1.165, 1.54) is 6.92 Å². The quantitative estimate of drug-likeness (QED) is 0.706. The van der Waals surface area contributed by atoms with Gasteiger partial charge in [0, 0.05) is 5.92 Å². The number of Topliss-reactive ketones (excluding diaryl/α,β-unsaturated/α-hetero) is 1. The van der Waals surface area contributed by atoms with E-state index < -0.39 is 38.4 Å². The van der Waals surface area contributed by atoms with Gasteiger partial charge in [-0.3, -0.25) is 4.79 Å². The molecule has 0 saturated carbocycles. The standard InChI is InChI=1S/C9H8F6OS2/c1-3(4(2)16)7-17-5(8(10,11)12)6(18-7)9(13,14)15/h3,7H,1-2H3. The molecule has 9 heteroatoms. The van der Waals surface area contributed by atoms with Crippen molar-refractivity contribution >= 4 is 29.3 Å². The number of ketones is 1. The first kappa shape index (κ1) is 15.7. The van der Waals surface area contributed by atoms with Gasteiger partial charge in [0.1, 0.15) is 15.6 Å². The molecular weight excluding hydrogens is 302 g/mol. The number of hydrogen-bond donors (Lipinski definition) is 0. The molecule has 0 spiro atoms. The second-order valence-corrected chi connectivity index (χ2v) is 6.26. The molecule has 0 aromatic rings. The molecule has 0 amide bonds. The van der Waals surface area contributed by atoms with Gasteiger partial charge in [-0.25, -0.2) is 0 Å². The van der Waals surface area contributed by atoms with Crippen LogP contribution in [0.15, 0.2) is 9.81 Å². The number of rotatable bonds is 2. The summed E-state index contributed by atoms with van der Waals surface area (Å²) in [5.74, 6) is -1.32. The molecule has 1 rings (SSSR count). The molecular formula is C9H8F6OS2. The van der Waals surface area contributed by atoms with Crippen molar-refractivity contribution in [2.45, 2.75) is 30.8 Å². The van der Waals surface area contributed by atoms with Crippen molar-refractivity contribution in [1.29, 1.82) is 0 Å². The summed E-state index contributed by atoms with van der Waals surface area (Å²) in [5.41, 5.74) is 0. The zero-order chi connectivity index (χ0) is 14.3. The molecule has 0 bridgehead atoms. The van der Waals surface area contributed by atoms with Gasteiger partial charge in [0.25, 0.3) is 0 Å². The summed E-state index contributed by atoms with van der Waals surface area (Å²) in [7, 11) is 0. The lowest BCUT2D eigenvalue weighted by Gasteiger charge is -2.15. The fourth-order valence-electron chi connectivity index (χ4n) is 1.15. The Morgan fingerprint density at radius 2 is 1.39 bits per heavy atom. The van der Waals surface area contributed by atoms with E-state index in [4.69, 9.17) is 0 Å². The normalized spacial score (nSPS) is 20.4. The minimum atomic E-state index is -5.05. The molecule has 0 radical (unpaired) electrons. The van der Waals surface area contributed by atoms with Crippen LogP contribution in [0.4, 0.5) is 26.3 Å². The zero-order valence-electron chi connectivity index (χ0n) is 9.15. The van der Waals surface area contributed by atoms with Gasteiger partial charge in [0.2, 0.25) is 0 Å². The van der Waals surface area contributed by atoms with Gasteiger partial charge in [-0.15, -0.1) is 23.5 Å². The van der Waals surface area contributed by atoms with Crippen LogP contribution in [0.5, 0.6) is 0 Å². The first-order chi connectivity index (χ1) is 7.94. The maximum Gasteiger partial charge on any atom is 0.423 e. The van der Waals surface area contributed by atoms with Crippen molar-refractivity contribution in [1.82, 2.24) is 0 Å². The minimum Gasteiger partial charge on any atom is -0.300 e. The van der Waals surface area contributed by atoms with Gasteiger partial charge in [-0.1, -0.05) is 6.92 Å². The Hall–Kier alpha value is -0.310. The Morgan fingerprint density at radius 1 is 1.06 bits per heavy atom. The van der Waals surface area contributed by atoms with Crippen molar-refractivity contribution in [2.24, 2.45) is 5.92 Å². The summed E-state index contributed by atoms with van der Waals surface area (Å²) in [6.45, 7) is 2.46. The Kier molecular flexibility index (Phi) is 4.37. The fourth-order valence-corrected chi connectivity index (χ4v) is 4.18. The molecule has 1 unspecified atom stereocenters. The van der Waals surface area contributed by atoms with E-state index in [0.29, 0.717) is 0 Å². The fraction of sp³-hybridized carbons (Fsp3) is 0.667. The maximum absolute atomic E-state index is 12.5. The number of thioether (sulfide) groups is 2. The molecule has 104 valence electrons. The van der Waals surface area contributed by atoms with Crippen molar-refractivity contribution in [3.63, 3.8) is 0 Å². The third-order valence-electron chi connectivity index (χ3n) is 2.24.